The van der Waals surface area contributed by atoms with Crippen LogP contribution in [0.15, 0.2) is 36.4 Å². The molecule has 1 aromatic carbocycles. The van der Waals surface area contributed by atoms with E-state index in [1.54, 1.807) is 17.0 Å². The molecule has 1 aliphatic heterocycles. The van der Waals surface area contributed by atoms with Gasteiger partial charge in [-0.05, 0) is 42.7 Å². The summed E-state index contributed by atoms with van der Waals surface area (Å²) in [5.74, 6) is -0.857. The number of hydrogen-bond donors (Lipinski definition) is 2. The number of amides is 1. The lowest BCUT2D eigenvalue weighted by Gasteiger charge is -2.25. The van der Waals surface area contributed by atoms with Gasteiger partial charge in [0.15, 0.2) is 0 Å². The summed E-state index contributed by atoms with van der Waals surface area (Å²) in [5, 5.41) is 19.4. The molecule has 2 aromatic rings. The van der Waals surface area contributed by atoms with Gasteiger partial charge in [-0.1, -0.05) is 44.7 Å². The van der Waals surface area contributed by atoms with Crippen LogP contribution in [0.2, 0.25) is 0 Å². The maximum absolute atomic E-state index is 12.5. The van der Waals surface area contributed by atoms with E-state index in [1.165, 1.54) is 24.2 Å². The third kappa shape index (κ3) is 6.38. The van der Waals surface area contributed by atoms with Crippen molar-refractivity contribution in [3.63, 3.8) is 0 Å². The number of anilines is 1. The molecule has 1 unspecified atom stereocenters. The number of unbranched alkanes of at least 4 members (excludes halogenated alkanes) is 3. The summed E-state index contributed by atoms with van der Waals surface area (Å²) < 4.78 is 5.81. The molecule has 6 nitrogen and oxygen atoms in total. The highest BCUT2D eigenvalue weighted by molar-refractivity contribution is 7.13. The van der Waals surface area contributed by atoms with Crippen LogP contribution in [0.25, 0.3) is 0 Å². The second-order valence-electron chi connectivity index (χ2n) is 8.00. The van der Waals surface area contributed by atoms with Crippen molar-refractivity contribution in [3.8, 4) is 0 Å². The Balaban J connectivity index is 1.54. The summed E-state index contributed by atoms with van der Waals surface area (Å²) in [6.45, 7) is 2.90. The summed E-state index contributed by atoms with van der Waals surface area (Å²) >= 11 is 1.20. The molecular weight excluding hydrogens is 414 g/mol. The first-order valence-electron chi connectivity index (χ1n) is 11.0. The molecule has 2 atom stereocenters. The molecule has 0 spiro atoms. The van der Waals surface area contributed by atoms with Crippen molar-refractivity contribution in [2.24, 2.45) is 0 Å². The molecule has 1 amide bonds. The van der Waals surface area contributed by atoms with Crippen molar-refractivity contribution in [1.29, 1.82) is 0 Å². The molecule has 0 radical (unpaired) electrons. The second kappa shape index (κ2) is 11.4. The van der Waals surface area contributed by atoms with Gasteiger partial charge >= 0.3 is 5.97 Å². The van der Waals surface area contributed by atoms with E-state index in [-0.39, 0.29) is 11.9 Å². The van der Waals surface area contributed by atoms with E-state index >= 15 is 0 Å². The number of ether oxygens (including phenoxy) is 1. The van der Waals surface area contributed by atoms with Crippen LogP contribution in [-0.4, -0.2) is 34.7 Å². The van der Waals surface area contributed by atoms with E-state index < -0.39 is 12.1 Å². The SMILES string of the molecule is CCCCCCC(O)c1ccc(N2C(=O)CC[C@@H]2COCc2ccc(C(=O)O)s2)cc1. The van der Waals surface area contributed by atoms with Gasteiger partial charge in [-0.25, -0.2) is 4.79 Å². The number of aliphatic hydroxyl groups is 1. The summed E-state index contributed by atoms with van der Waals surface area (Å²) in [6.07, 6.45) is 6.02. The highest BCUT2D eigenvalue weighted by atomic mass is 32.1. The molecule has 0 bridgehead atoms. The van der Waals surface area contributed by atoms with Crippen LogP contribution in [0.3, 0.4) is 0 Å². The number of rotatable bonds is 12. The van der Waals surface area contributed by atoms with Crippen molar-refractivity contribution in [3.05, 3.63) is 51.7 Å². The molecule has 3 rings (SSSR count). The van der Waals surface area contributed by atoms with Crippen LogP contribution in [0.4, 0.5) is 5.69 Å². The number of carboxylic acids is 1. The molecule has 1 fully saturated rings. The molecule has 0 saturated carbocycles. The maximum atomic E-state index is 12.5. The number of aromatic carboxylic acids is 1. The van der Waals surface area contributed by atoms with E-state index in [0.29, 0.717) is 24.5 Å². The zero-order valence-electron chi connectivity index (χ0n) is 18.0. The van der Waals surface area contributed by atoms with Gasteiger partial charge in [0.2, 0.25) is 5.91 Å². The number of carbonyl (C=O) groups is 2. The van der Waals surface area contributed by atoms with Gasteiger partial charge in [-0.2, -0.15) is 0 Å². The minimum absolute atomic E-state index is 0.0452. The van der Waals surface area contributed by atoms with Crippen LogP contribution in [0.5, 0.6) is 0 Å². The van der Waals surface area contributed by atoms with Crippen molar-refractivity contribution in [1.82, 2.24) is 0 Å². The van der Waals surface area contributed by atoms with Crippen LogP contribution in [-0.2, 0) is 16.1 Å². The minimum atomic E-state index is -0.932. The summed E-state index contributed by atoms with van der Waals surface area (Å²) in [4.78, 5) is 26.4. The average molecular weight is 446 g/mol. The monoisotopic (exact) mass is 445 g/mol. The fourth-order valence-electron chi connectivity index (χ4n) is 3.91. The van der Waals surface area contributed by atoms with Gasteiger partial charge in [0.1, 0.15) is 4.88 Å². The van der Waals surface area contributed by atoms with Gasteiger partial charge in [0.25, 0.3) is 0 Å². The quantitative estimate of drug-likeness (QED) is 0.441. The Kier molecular flexibility index (Phi) is 8.63. The first-order chi connectivity index (χ1) is 15.0. The predicted molar refractivity (Wildman–Crippen MR) is 122 cm³/mol. The predicted octanol–water partition coefficient (Wildman–Crippen LogP) is 5.16. The molecule has 168 valence electrons. The zero-order valence-corrected chi connectivity index (χ0v) is 18.8. The number of benzene rings is 1. The molecule has 7 heteroatoms. The summed E-state index contributed by atoms with van der Waals surface area (Å²) in [7, 11) is 0. The highest BCUT2D eigenvalue weighted by Crippen LogP contribution is 2.29. The molecular formula is C24H31NO5S. The third-order valence-corrected chi connectivity index (χ3v) is 6.69. The van der Waals surface area contributed by atoms with E-state index in [4.69, 9.17) is 9.84 Å². The van der Waals surface area contributed by atoms with Crippen molar-refractivity contribution >= 4 is 28.9 Å². The van der Waals surface area contributed by atoms with Crippen LogP contribution in [0, 0.1) is 0 Å². The zero-order chi connectivity index (χ0) is 22.2. The summed E-state index contributed by atoms with van der Waals surface area (Å²) in [6, 6.07) is 10.9. The first kappa shape index (κ1) is 23.4. The van der Waals surface area contributed by atoms with Gasteiger partial charge in [0, 0.05) is 17.0 Å². The maximum Gasteiger partial charge on any atom is 0.345 e. The van der Waals surface area contributed by atoms with Crippen LogP contribution < -0.4 is 4.90 Å². The molecule has 2 heterocycles. The summed E-state index contributed by atoms with van der Waals surface area (Å²) in [5.41, 5.74) is 1.70. The Morgan fingerprint density at radius 2 is 1.97 bits per heavy atom. The van der Waals surface area contributed by atoms with E-state index in [0.717, 1.165) is 41.8 Å². The molecule has 1 aliphatic rings. The molecule has 1 saturated heterocycles. The van der Waals surface area contributed by atoms with Crippen LogP contribution >= 0.6 is 11.3 Å². The lowest BCUT2D eigenvalue weighted by Crippen LogP contribution is -2.36. The number of aliphatic hydroxyl groups excluding tert-OH is 1. The molecule has 1 aromatic heterocycles. The van der Waals surface area contributed by atoms with Gasteiger partial charge in [0.05, 0.1) is 25.4 Å². The fourth-order valence-corrected chi connectivity index (χ4v) is 4.69. The Hall–Kier alpha value is -2.22. The number of hydrogen-bond acceptors (Lipinski definition) is 5. The normalized spacial score (nSPS) is 17.3. The van der Waals surface area contributed by atoms with Gasteiger partial charge in [-0.3, -0.25) is 4.79 Å². The minimum Gasteiger partial charge on any atom is -0.477 e. The van der Waals surface area contributed by atoms with Crippen molar-refractivity contribution in [2.75, 3.05) is 11.5 Å². The Morgan fingerprint density at radius 1 is 1.19 bits per heavy atom. The van der Waals surface area contributed by atoms with Crippen LogP contribution in [0.1, 0.15) is 78.1 Å². The second-order valence-corrected chi connectivity index (χ2v) is 9.17. The number of thiophene rings is 1. The van der Waals surface area contributed by atoms with E-state index in [9.17, 15) is 14.7 Å². The van der Waals surface area contributed by atoms with E-state index in [1.807, 2.05) is 24.3 Å². The fraction of sp³-hybridized carbons (Fsp3) is 0.500. The Bertz CT molecular complexity index is 863. The molecule has 31 heavy (non-hydrogen) atoms. The lowest BCUT2D eigenvalue weighted by molar-refractivity contribution is -0.117. The number of carboxylic acid groups (broad SMARTS) is 1. The smallest absolute Gasteiger partial charge is 0.345 e. The number of nitrogens with zero attached hydrogens (tertiary/aromatic N) is 1. The molecule has 2 N–H and O–H groups in total. The van der Waals surface area contributed by atoms with Gasteiger partial charge < -0.3 is 19.8 Å². The Morgan fingerprint density at radius 3 is 2.65 bits per heavy atom. The van der Waals surface area contributed by atoms with E-state index in [2.05, 4.69) is 6.92 Å². The largest absolute Gasteiger partial charge is 0.477 e. The standard InChI is InChI=1S/C24H31NO5S/c1-2-3-4-5-6-21(26)17-7-9-18(10-8-17)25-19(11-14-23(25)27)15-30-16-20-12-13-22(31-20)24(28)29/h7-10,12-13,19,21,26H,2-6,11,14-16H2,1H3,(H,28,29)/t19-,21?/m1/s1. The number of carbonyl (C=O) groups excluding carboxylic acids is 1. The third-order valence-electron chi connectivity index (χ3n) is 5.64. The first-order valence-corrected chi connectivity index (χ1v) is 11.8. The average Bonchev–Trinajstić information content (AvgIpc) is 3.38. The van der Waals surface area contributed by atoms with Gasteiger partial charge in [-0.15, -0.1) is 11.3 Å². The topological polar surface area (TPSA) is 87.1 Å². The van der Waals surface area contributed by atoms with Crippen molar-refractivity contribution < 1.29 is 24.5 Å². The van der Waals surface area contributed by atoms with Crippen molar-refractivity contribution in [2.45, 2.75) is 70.6 Å². The molecule has 0 aliphatic carbocycles. The Labute approximate surface area is 187 Å². The lowest BCUT2D eigenvalue weighted by atomic mass is 10.0. The highest BCUT2D eigenvalue weighted by Gasteiger charge is 2.32.